The van der Waals surface area contributed by atoms with Crippen molar-refractivity contribution in [1.29, 1.82) is 0 Å². The number of aromatic nitrogens is 1. The Balaban J connectivity index is 1.71. The predicted octanol–water partition coefficient (Wildman–Crippen LogP) is 6.08. The fraction of sp³-hybridized carbons (Fsp3) is 0.226. The number of hydrazone groups is 1. The average Bonchev–Trinajstić information content (AvgIpc) is 2.99. The summed E-state index contributed by atoms with van der Waals surface area (Å²) < 4.78 is 46.8. The summed E-state index contributed by atoms with van der Waals surface area (Å²) in [6, 6.07) is 19.6. The zero-order valence-corrected chi connectivity index (χ0v) is 24.5. The normalized spacial score (nSPS) is 12.2. The third-order valence-electron chi connectivity index (χ3n) is 6.41. The van der Waals surface area contributed by atoms with Gasteiger partial charge in [-0.1, -0.05) is 30.3 Å². The van der Waals surface area contributed by atoms with E-state index in [0.717, 1.165) is 17.2 Å². The number of ether oxygens (including phenoxy) is 1. The number of thioether (sulfide) groups is 1. The molecule has 4 aromatic rings. The molecule has 0 unspecified atom stereocenters. The van der Waals surface area contributed by atoms with E-state index in [1.807, 2.05) is 30.3 Å². The van der Waals surface area contributed by atoms with Crippen molar-refractivity contribution in [3.05, 3.63) is 95.7 Å². The van der Waals surface area contributed by atoms with Gasteiger partial charge in [0.2, 0.25) is 5.91 Å². The lowest BCUT2D eigenvalue weighted by Crippen LogP contribution is -2.33. The number of nitrogens with zero attached hydrogens (tertiary/aromatic N) is 3. The largest absolute Gasteiger partial charge is 0.497 e. The molecule has 12 heteroatoms. The Hall–Kier alpha value is -4.58. The number of halogens is 3. The Morgan fingerprint density at radius 1 is 1.05 bits per heavy atom. The molecule has 4 rings (SSSR count). The van der Waals surface area contributed by atoms with Crippen LogP contribution in [-0.4, -0.2) is 60.9 Å². The molecule has 224 valence electrons. The van der Waals surface area contributed by atoms with Crippen molar-refractivity contribution in [2.24, 2.45) is 5.10 Å². The minimum absolute atomic E-state index is 0.0225. The Morgan fingerprint density at radius 3 is 2.42 bits per heavy atom. The van der Waals surface area contributed by atoms with Gasteiger partial charge in [0.15, 0.2) is 0 Å². The van der Waals surface area contributed by atoms with Gasteiger partial charge in [0, 0.05) is 48.8 Å². The first kappa shape index (κ1) is 31.4. The van der Waals surface area contributed by atoms with Crippen LogP contribution in [0, 0.1) is 0 Å². The quantitative estimate of drug-likeness (QED) is 0.122. The first-order valence-electron chi connectivity index (χ1n) is 13.2. The summed E-state index contributed by atoms with van der Waals surface area (Å²) in [4.78, 5) is 32.5. The lowest BCUT2D eigenvalue weighted by molar-refractivity contribution is -0.136. The molecule has 0 aliphatic carbocycles. The van der Waals surface area contributed by atoms with Crippen LogP contribution in [0.5, 0.6) is 5.75 Å². The van der Waals surface area contributed by atoms with Gasteiger partial charge in [0.05, 0.1) is 35.7 Å². The maximum atomic E-state index is 13.9. The second-order valence-electron chi connectivity index (χ2n) is 9.68. The van der Waals surface area contributed by atoms with Crippen molar-refractivity contribution in [2.75, 3.05) is 32.3 Å². The van der Waals surface area contributed by atoms with E-state index in [-0.39, 0.29) is 34.5 Å². The van der Waals surface area contributed by atoms with Crippen LogP contribution in [0.2, 0.25) is 0 Å². The molecule has 1 heterocycles. The lowest BCUT2D eigenvalue weighted by atomic mass is 10.0. The van der Waals surface area contributed by atoms with Crippen LogP contribution in [0.15, 0.2) is 89.0 Å². The number of hydrogen-bond donors (Lipinski definition) is 2. The SMILES string of the molecule is COc1ccc(/C=N/NC(=O)c2cnc3c(C(F)(F)F)cccc3c2N[C@@H](CSc2ccccc2)CC(=O)N(C)C)cc1. The van der Waals surface area contributed by atoms with E-state index in [2.05, 4.69) is 20.8 Å². The van der Waals surface area contributed by atoms with Crippen molar-refractivity contribution in [3.63, 3.8) is 0 Å². The van der Waals surface area contributed by atoms with Gasteiger partial charge in [-0.3, -0.25) is 14.6 Å². The van der Waals surface area contributed by atoms with Crippen molar-refractivity contribution < 1.29 is 27.5 Å². The molecule has 1 aromatic heterocycles. The topological polar surface area (TPSA) is 95.9 Å². The molecule has 0 bridgehead atoms. The molecule has 0 fully saturated rings. The zero-order chi connectivity index (χ0) is 31.0. The van der Waals surface area contributed by atoms with E-state index in [4.69, 9.17) is 4.74 Å². The van der Waals surface area contributed by atoms with E-state index in [0.29, 0.717) is 17.1 Å². The first-order chi connectivity index (χ1) is 20.6. The van der Waals surface area contributed by atoms with Crippen LogP contribution in [0.1, 0.15) is 27.9 Å². The summed E-state index contributed by atoms with van der Waals surface area (Å²) in [7, 11) is 4.80. The highest BCUT2D eigenvalue weighted by molar-refractivity contribution is 7.99. The van der Waals surface area contributed by atoms with Gasteiger partial charge in [-0.05, 0) is 48.0 Å². The Bertz CT molecular complexity index is 1600. The number of amides is 2. The van der Waals surface area contributed by atoms with Gasteiger partial charge in [-0.25, -0.2) is 5.43 Å². The fourth-order valence-corrected chi connectivity index (χ4v) is 5.10. The van der Waals surface area contributed by atoms with E-state index < -0.39 is 23.7 Å². The number of pyridine rings is 1. The van der Waals surface area contributed by atoms with E-state index >= 15 is 0 Å². The third kappa shape index (κ3) is 8.25. The first-order valence-corrected chi connectivity index (χ1v) is 14.2. The average molecular weight is 610 g/mol. The minimum Gasteiger partial charge on any atom is -0.497 e. The standard InChI is InChI=1S/C31H30F3N5O3S/c1-39(2)27(40)16-21(19-43-23-8-5-4-6-9-23)37-28-24-10-7-11-26(31(32,33)34)29(24)35-18-25(28)30(41)38-36-17-20-12-14-22(42-3)15-13-20/h4-15,17-18,21H,16,19H2,1-3H3,(H,35,37)(H,38,41)/b36-17+/t21-/m1/s1. The van der Waals surface area contributed by atoms with Crippen LogP contribution in [0.4, 0.5) is 18.9 Å². The molecule has 1 atom stereocenters. The third-order valence-corrected chi connectivity index (χ3v) is 7.58. The van der Waals surface area contributed by atoms with Crippen LogP contribution in [0.3, 0.4) is 0 Å². The molecule has 0 saturated carbocycles. The van der Waals surface area contributed by atoms with E-state index in [1.165, 1.54) is 35.0 Å². The highest BCUT2D eigenvalue weighted by atomic mass is 32.2. The van der Waals surface area contributed by atoms with Crippen molar-refractivity contribution in [2.45, 2.75) is 23.5 Å². The molecule has 0 spiro atoms. The summed E-state index contributed by atoms with van der Waals surface area (Å²) >= 11 is 1.48. The molecular formula is C31H30F3N5O3S. The Kier molecular flexibility index (Phi) is 10.3. The Morgan fingerprint density at radius 2 is 1.77 bits per heavy atom. The minimum atomic E-state index is -4.67. The Labute approximate surface area is 251 Å². The fourth-order valence-electron chi connectivity index (χ4n) is 4.16. The number of para-hydroxylation sites is 1. The zero-order valence-electron chi connectivity index (χ0n) is 23.7. The van der Waals surface area contributed by atoms with E-state index in [1.54, 1.807) is 45.5 Å². The van der Waals surface area contributed by atoms with Gasteiger partial charge >= 0.3 is 6.18 Å². The van der Waals surface area contributed by atoms with Gasteiger partial charge < -0.3 is 15.0 Å². The summed E-state index contributed by atoms with van der Waals surface area (Å²) in [6.07, 6.45) is -2.12. The molecule has 0 saturated heterocycles. The van der Waals surface area contributed by atoms with Crippen molar-refractivity contribution in [3.8, 4) is 5.75 Å². The van der Waals surface area contributed by atoms with Crippen LogP contribution < -0.4 is 15.5 Å². The number of carbonyl (C=O) groups excluding carboxylic acids is 2. The second-order valence-corrected chi connectivity index (χ2v) is 10.8. The molecule has 8 nitrogen and oxygen atoms in total. The van der Waals surface area contributed by atoms with E-state index in [9.17, 15) is 22.8 Å². The number of alkyl halides is 3. The van der Waals surface area contributed by atoms with Gasteiger partial charge in [0.1, 0.15) is 5.75 Å². The van der Waals surface area contributed by atoms with Gasteiger partial charge in [-0.15, -0.1) is 11.8 Å². The number of benzene rings is 3. The number of fused-ring (bicyclic) bond motifs is 1. The predicted molar refractivity (Wildman–Crippen MR) is 163 cm³/mol. The highest BCUT2D eigenvalue weighted by Crippen LogP contribution is 2.37. The molecule has 0 aliphatic rings. The molecule has 3 aromatic carbocycles. The van der Waals surface area contributed by atoms with Crippen LogP contribution >= 0.6 is 11.8 Å². The summed E-state index contributed by atoms with van der Waals surface area (Å²) in [5.74, 6) is 0.177. The molecular weight excluding hydrogens is 579 g/mol. The summed E-state index contributed by atoms with van der Waals surface area (Å²) in [6.45, 7) is 0. The molecule has 0 aliphatic heterocycles. The lowest BCUT2D eigenvalue weighted by Gasteiger charge is -2.24. The summed E-state index contributed by atoms with van der Waals surface area (Å²) in [5.41, 5.74) is 1.97. The van der Waals surface area contributed by atoms with Gasteiger partial charge in [0.25, 0.3) is 5.91 Å². The number of rotatable bonds is 11. The number of methoxy groups -OCH3 is 1. The monoisotopic (exact) mass is 609 g/mol. The number of hydrogen-bond acceptors (Lipinski definition) is 7. The molecule has 0 radical (unpaired) electrons. The highest BCUT2D eigenvalue weighted by Gasteiger charge is 2.34. The number of carbonyl (C=O) groups is 2. The maximum absolute atomic E-state index is 13.9. The van der Waals surface area contributed by atoms with Gasteiger partial charge in [-0.2, -0.15) is 18.3 Å². The van der Waals surface area contributed by atoms with Crippen LogP contribution in [0.25, 0.3) is 10.9 Å². The van der Waals surface area contributed by atoms with Crippen molar-refractivity contribution in [1.82, 2.24) is 15.3 Å². The maximum Gasteiger partial charge on any atom is 0.418 e. The second kappa shape index (κ2) is 14.1. The summed E-state index contributed by atoms with van der Waals surface area (Å²) in [5, 5.41) is 7.33. The van der Waals surface area contributed by atoms with Crippen molar-refractivity contribution >= 4 is 46.4 Å². The number of anilines is 1. The van der Waals surface area contributed by atoms with Crippen LogP contribution in [-0.2, 0) is 11.0 Å². The number of nitrogens with one attached hydrogen (secondary N) is 2. The molecule has 43 heavy (non-hydrogen) atoms. The molecule has 2 N–H and O–H groups in total. The molecule has 2 amide bonds. The smallest absolute Gasteiger partial charge is 0.418 e.